The number of hydrogen-bond acceptors (Lipinski definition) is 1. The van der Waals surface area contributed by atoms with Crippen LogP contribution in [0, 0.1) is 5.82 Å². The summed E-state index contributed by atoms with van der Waals surface area (Å²) in [6.45, 7) is 0. The summed E-state index contributed by atoms with van der Waals surface area (Å²) in [5, 5.41) is 10.2. The Labute approximate surface area is 150 Å². The number of benzene rings is 2. The lowest BCUT2D eigenvalue weighted by Crippen LogP contribution is -2.22. The average molecular weight is 451 g/mol. The molecule has 1 N–H and O–H groups in total. The van der Waals surface area contributed by atoms with Gasteiger partial charge in [-0.1, -0.05) is 64.0 Å². The highest BCUT2D eigenvalue weighted by molar-refractivity contribution is 14.1. The van der Waals surface area contributed by atoms with Crippen LogP contribution in [0.15, 0.2) is 36.4 Å². The van der Waals surface area contributed by atoms with Crippen LogP contribution < -0.4 is 0 Å². The van der Waals surface area contributed by atoms with Crippen molar-refractivity contribution in [1.29, 1.82) is 0 Å². The zero-order chi connectivity index (χ0) is 16.1. The van der Waals surface area contributed by atoms with Crippen molar-refractivity contribution in [3.8, 4) is 11.1 Å². The van der Waals surface area contributed by atoms with Crippen molar-refractivity contribution in [3.05, 3.63) is 57.8 Å². The molecule has 3 rings (SSSR count). The lowest BCUT2D eigenvalue weighted by atomic mass is 9.93. The Morgan fingerprint density at radius 1 is 1.23 bits per heavy atom. The summed E-state index contributed by atoms with van der Waals surface area (Å²) in [4.78, 5) is 11.5. The molecule has 0 radical (unpaired) electrons. The Kier molecular flexibility index (Phi) is 4.12. The minimum atomic E-state index is -0.961. The Bertz CT molecular complexity index is 781. The topological polar surface area (TPSA) is 37.3 Å². The third-order valence-corrected chi connectivity index (χ3v) is 6.21. The number of carboxylic acids is 1. The van der Waals surface area contributed by atoms with Crippen LogP contribution in [0.4, 0.5) is 4.39 Å². The highest BCUT2D eigenvalue weighted by atomic mass is 127. The van der Waals surface area contributed by atoms with E-state index in [-0.39, 0.29) is 3.92 Å². The summed E-state index contributed by atoms with van der Waals surface area (Å²) in [5.74, 6) is -1.37. The number of carbonyl (C=O) groups is 1. The lowest BCUT2D eigenvalue weighted by molar-refractivity contribution is -0.139. The van der Waals surface area contributed by atoms with Crippen LogP contribution in [0.3, 0.4) is 0 Å². The van der Waals surface area contributed by atoms with Crippen molar-refractivity contribution in [2.45, 2.75) is 15.8 Å². The quantitative estimate of drug-likeness (QED) is 0.507. The van der Waals surface area contributed by atoms with Gasteiger partial charge < -0.3 is 5.11 Å². The first-order chi connectivity index (χ1) is 10.4. The van der Waals surface area contributed by atoms with E-state index in [0.717, 1.165) is 0 Å². The van der Waals surface area contributed by atoms with E-state index in [9.17, 15) is 14.3 Å². The van der Waals surface area contributed by atoms with Crippen molar-refractivity contribution >= 4 is 51.8 Å². The molecule has 0 amide bonds. The second-order valence-electron chi connectivity index (χ2n) is 5.27. The van der Waals surface area contributed by atoms with Crippen LogP contribution in [0.1, 0.15) is 12.0 Å². The van der Waals surface area contributed by atoms with Gasteiger partial charge in [0.1, 0.15) is 11.2 Å². The molecule has 1 aliphatic carbocycles. The predicted molar refractivity (Wildman–Crippen MR) is 93.6 cm³/mol. The normalized spacial score (nSPS) is 23.4. The Hall–Kier alpha value is -0.850. The van der Waals surface area contributed by atoms with Crippen LogP contribution in [-0.2, 0) is 10.2 Å². The molecule has 2 aromatic carbocycles. The molecule has 0 bridgehead atoms. The number of rotatable bonds is 3. The smallest absolute Gasteiger partial charge is 0.315 e. The van der Waals surface area contributed by atoms with E-state index in [2.05, 4.69) is 22.6 Å². The predicted octanol–water partition coefficient (Wildman–Crippen LogP) is 5.33. The fourth-order valence-electron chi connectivity index (χ4n) is 2.56. The fourth-order valence-corrected chi connectivity index (χ4v) is 4.18. The van der Waals surface area contributed by atoms with Crippen LogP contribution in [0.5, 0.6) is 0 Å². The standard InChI is InChI=1S/C16H10Cl2FIO2/c17-11-4-1-8(5-12(11)18)10-3-2-9(6-13(10)19)16(15(21)22)7-14(16)20/h1-6,14H,7H2,(H,21,22). The molecule has 1 saturated carbocycles. The molecular formula is C16H10Cl2FIO2. The van der Waals surface area contributed by atoms with Crippen molar-refractivity contribution < 1.29 is 14.3 Å². The van der Waals surface area contributed by atoms with Crippen LogP contribution in [0.2, 0.25) is 10.0 Å². The first kappa shape index (κ1) is 16.0. The maximum atomic E-state index is 14.4. The van der Waals surface area contributed by atoms with Gasteiger partial charge in [-0.05, 0) is 35.7 Å². The molecule has 6 heteroatoms. The molecule has 2 unspecified atom stereocenters. The highest BCUT2D eigenvalue weighted by Crippen LogP contribution is 2.54. The molecule has 2 aromatic rings. The maximum absolute atomic E-state index is 14.4. The van der Waals surface area contributed by atoms with Gasteiger partial charge in [0, 0.05) is 9.49 Å². The van der Waals surface area contributed by atoms with Gasteiger partial charge in [0.15, 0.2) is 0 Å². The first-order valence-corrected chi connectivity index (χ1v) is 8.49. The Balaban J connectivity index is 2.03. The van der Waals surface area contributed by atoms with Gasteiger partial charge in [-0.15, -0.1) is 0 Å². The van der Waals surface area contributed by atoms with Crippen LogP contribution in [-0.4, -0.2) is 15.0 Å². The molecule has 1 aliphatic rings. The molecule has 2 atom stereocenters. The first-order valence-electron chi connectivity index (χ1n) is 6.49. The SMILES string of the molecule is O=C(O)C1(c2ccc(-c3ccc(Cl)c(Cl)c3)c(F)c2)CC1I. The Morgan fingerprint density at radius 2 is 1.91 bits per heavy atom. The molecule has 0 aliphatic heterocycles. The molecule has 0 spiro atoms. The molecule has 22 heavy (non-hydrogen) atoms. The number of carboxylic acid groups (broad SMARTS) is 1. The summed E-state index contributed by atoms with van der Waals surface area (Å²) in [6, 6.07) is 9.45. The number of hydrogen-bond donors (Lipinski definition) is 1. The number of halogens is 4. The lowest BCUT2D eigenvalue weighted by Gasteiger charge is -2.13. The summed E-state index contributed by atoms with van der Waals surface area (Å²) < 4.78 is 14.4. The zero-order valence-electron chi connectivity index (χ0n) is 11.1. The maximum Gasteiger partial charge on any atom is 0.315 e. The average Bonchev–Trinajstić information content (AvgIpc) is 3.15. The van der Waals surface area contributed by atoms with Crippen molar-refractivity contribution in [2.75, 3.05) is 0 Å². The van der Waals surface area contributed by atoms with Gasteiger partial charge in [0.05, 0.1) is 10.0 Å². The highest BCUT2D eigenvalue weighted by Gasteiger charge is 2.60. The minimum absolute atomic E-state index is 0.0159. The van der Waals surface area contributed by atoms with E-state index in [1.165, 1.54) is 6.07 Å². The summed E-state index contributed by atoms with van der Waals surface area (Å²) in [5.41, 5.74) is 0.510. The molecule has 0 saturated heterocycles. The van der Waals surface area contributed by atoms with E-state index >= 15 is 0 Å². The third-order valence-electron chi connectivity index (χ3n) is 3.97. The van der Waals surface area contributed by atoms with Gasteiger partial charge in [-0.25, -0.2) is 4.39 Å². The zero-order valence-corrected chi connectivity index (χ0v) is 14.8. The largest absolute Gasteiger partial charge is 0.481 e. The second kappa shape index (κ2) is 5.65. The molecule has 2 nitrogen and oxygen atoms in total. The van der Waals surface area contributed by atoms with Gasteiger partial charge >= 0.3 is 5.97 Å². The van der Waals surface area contributed by atoms with Gasteiger partial charge in [-0.2, -0.15) is 0 Å². The fraction of sp³-hybridized carbons (Fsp3) is 0.188. The second-order valence-corrected chi connectivity index (χ2v) is 7.59. The number of alkyl halides is 1. The molecule has 0 heterocycles. The number of aliphatic carboxylic acids is 1. The van der Waals surface area contributed by atoms with Gasteiger partial charge in [0.25, 0.3) is 0 Å². The molecule has 1 fully saturated rings. The van der Waals surface area contributed by atoms with E-state index in [1.807, 2.05) is 0 Å². The monoisotopic (exact) mass is 450 g/mol. The van der Waals surface area contributed by atoms with Crippen LogP contribution >= 0.6 is 45.8 Å². The molecular weight excluding hydrogens is 441 g/mol. The summed E-state index contributed by atoms with van der Waals surface area (Å²) in [6.07, 6.45) is 0.522. The minimum Gasteiger partial charge on any atom is -0.481 e. The van der Waals surface area contributed by atoms with Crippen molar-refractivity contribution in [2.24, 2.45) is 0 Å². The van der Waals surface area contributed by atoms with E-state index in [1.54, 1.807) is 30.3 Å². The van der Waals surface area contributed by atoms with E-state index < -0.39 is 17.2 Å². The Morgan fingerprint density at radius 3 is 2.41 bits per heavy atom. The van der Waals surface area contributed by atoms with Gasteiger partial charge in [0.2, 0.25) is 0 Å². The summed E-state index contributed by atoms with van der Waals surface area (Å²) in [7, 11) is 0. The molecule has 0 aromatic heterocycles. The van der Waals surface area contributed by atoms with Crippen molar-refractivity contribution in [3.63, 3.8) is 0 Å². The summed E-state index contributed by atoms with van der Waals surface area (Å²) >= 11 is 13.9. The van der Waals surface area contributed by atoms with Gasteiger partial charge in [-0.3, -0.25) is 4.79 Å². The molecule has 114 valence electrons. The van der Waals surface area contributed by atoms with Crippen LogP contribution in [0.25, 0.3) is 11.1 Å². The van der Waals surface area contributed by atoms with Crippen molar-refractivity contribution in [1.82, 2.24) is 0 Å². The van der Waals surface area contributed by atoms with E-state index in [4.69, 9.17) is 23.2 Å². The third kappa shape index (κ3) is 2.51. The van der Waals surface area contributed by atoms with E-state index in [0.29, 0.717) is 33.2 Å².